The van der Waals surface area contributed by atoms with Gasteiger partial charge in [0.2, 0.25) is 0 Å². The summed E-state index contributed by atoms with van der Waals surface area (Å²) in [6, 6.07) is 0. The molecule has 1 N–H and O–H groups in total. The van der Waals surface area contributed by atoms with E-state index in [1.807, 2.05) is 6.92 Å². The number of hydrogen-bond donors (Lipinski definition) is 1. The molecule has 0 aromatic rings. The highest BCUT2D eigenvalue weighted by Crippen LogP contribution is 2.67. The number of aliphatic hydroxyl groups is 1. The lowest BCUT2D eigenvalue weighted by Gasteiger charge is -2.58. The number of carboxylic acids is 1. The molecule has 0 heterocycles. The fourth-order valence-electron chi connectivity index (χ4n) is 7.67. The fourth-order valence-corrected chi connectivity index (χ4v) is 7.67. The molecular formula is C22H33O3-. The van der Waals surface area contributed by atoms with Crippen LogP contribution in [0.25, 0.3) is 0 Å². The van der Waals surface area contributed by atoms with Gasteiger partial charge in [-0.3, -0.25) is 0 Å². The van der Waals surface area contributed by atoms with E-state index in [9.17, 15) is 15.0 Å². The molecule has 0 saturated heterocycles. The SMILES string of the molecule is C[C@H](C(=O)[O-])[C@@H]1CC[C@@H]2[C@@H]3CC=C4C[C@H](O)CC[C@]4(C)[C@@H]3CC[C@@]21C. The van der Waals surface area contributed by atoms with Crippen LogP contribution in [0.5, 0.6) is 0 Å². The molecule has 3 heteroatoms. The van der Waals surface area contributed by atoms with Crippen molar-refractivity contribution in [1.82, 2.24) is 0 Å². The van der Waals surface area contributed by atoms with Gasteiger partial charge in [0, 0.05) is 5.97 Å². The van der Waals surface area contributed by atoms with E-state index in [4.69, 9.17) is 0 Å². The maximum atomic E-state index is 11.5. The number of rotatable bonds is 2. The van der Waals surface area contributed by atoms with Crippen molar-refractivity contribution in [2.45, 2.75) is 78.2 Å². The maximum absolute atomic E-state index is 11.5. The van der Waals surface area contributed by atoms with Gasteiger partial charge in [-0.25, -0.2) is 0 Å². The molecule has 4 rings (SSSR count). The van der Waals surface area contributed by atoms with Crippen LogP contribution in [-0.4, -0.2) is 17.2 Å². The normalized spacial score (nSPS) is 50.2. The summed E-state index contributed by atoms with van der Waals surface area (Å²) in [6.07, 6.45) is 11.0. The third kappa shape index (κ3) is 2.44. The quantitative estimate of drug-likeness (QED) is 0.781. The van der Waals surface area contributed by atoms with Crippen molar-refractivity contribution in [2.24, 2.45) is 40.4 Å². The monoisotopic (exact) mass is 345 g/mol. The Kier molecular flexibility index (Phi) is 4.10. The number of carboxylic acid groups (broad SMARTS) is 1. The van der Waals surface area contributed by atoms with E-state index in [1.165, 1.54) is 18.4 Å². The molecule has 140 valence electrons. The summed E-state index contributed by atoms with van der Waals surface area (Å²) in [5.41, 5.74) is 1.94. The number of carbonyl (C=O) groups is 1. The van der Waals surface area contributed by atoms with Crippen LogP contribution in [-0.2, 0) is 4.79 Å². The number of aliphatic carboxylic acids is 1. The van der Waals surface area contributed by atoms with Crippen molar-refractivity contribution in [3.05, 3.63) is 11.6 Å². The second-order valence-corrected chi connectivity index (χ2v) is 9.99. The van der Waals surface area contributed by atoms with E-state index in [0.717, 1.165) is 44.4 Å². The van der Waals surface area contributed by atoms with Crippen molar-refractivity contribution in [3.63, 3.8) is 0 Å². The van der Waals surface area contributed by atoms with Crippen molar-refractivity contribution in [1.29, 1.82) is 0 Å². The highest BCUT2D eigenvalue weighted by molar-refractivity contribution is 5.67. The molecule has 0 amide bonds. The highest BCUT2D eigenvalue weighted by Gasteiger charge is 2.59. The Morgan fingerprint density at radius 1 is 1.20 bits per heavy atom. The molecule has 0 unspecified atom stereocenters. The van der Waals surface area contributed by atoms with Crippen LogP contribution in [0, 0.1) is 40.4 Å². The van der Waals surface area contributed by atoms with Gasteiger partial charge in [-0.15, -0.1) is 0 Å². The van der Waals surface area contributed by atoms with Crippen LogP contribution >= 0.6 is 0 Å². The molecule has 3 nitrogen and oxygen atoms in total. The molecule has 0 aromatic heterocycles. The highest BCUT2D eigenvalue weighted by atomic mass is 16.4. The summed E-state index contributed by atoms with van der Waals surface area (Å²) in [4.78, 5) is 11.5. The van der Waals surface area contributed by atoms with Gasteiger partial charge in [0.1, 0.15) is 0 Å². The Bertz CT molecular complexity index is 596. The van der Waals surface area contributed by atoms with Crippen molar-refractivity contribution < 1.29 is 15.0 Å². The molecule has 25 heavy (non-hydrogen) atoms. The summed E-state index contributed by atoms with van der Waals surface area (Å²) in [7, 11) is 0. The van der Waals surface area contributed by atoms with E-state index in [0.29, 0.717) is 11.8 Å². The molecule has 0 radical (unpaired) electrons. The molecule has 3 fully saturated rings. The predicted octanol–water partition coefficient (Wildman–Crippen LogP) is 3.31. The smallest absolute Gasteiger partial charge is 0.0577 e. The van der Waals surface area contributed by atoms with Gasteiger partial charge in [0.15, 0.2) is 0 Å². The zero-order chi connectivity index (χ0) is 18.0. The Hall–Kier alpha value is -0.830. The summed E-state index contributed by atoms with van der Waals surface area (Å²) in [5.74, 6) is 1.14. The van der Waals surface area contributed by atoms with E-state index < -0.39 is 5.97 Å². The first-order chi connectivity index (χ1) is 11.8. The molecule has 4 aliphatic rings. The summed E-state index contributed by atoms with van der Waals surface area (Å²) >= 11 is 0. The lowest BCUT2D eigenvalue weighted by molar-refractivity contribution is -0.314. The number of allylic oxidation sites excluding steroid dienone is 1. The largest absolute Gasteiger partial charge is 0.550 e. The summed E-state index contributed by atoms with van der Waals surface area (Å²) in [6.45, 7) is 6.68. The van der Waals surface area contributed by atoms with Gasteiger partial charge in [-0.2, -0.15) is 0 Å². The van der Waals surface area contributed by atoms with Crippen LogP contribution in [0.2, 0.25) is 0 Å². The Labute approximate surface area is 151 Å². The molecular weight excluding hydrogens is 312 g/mol. The molecule has 0 aliphatic heterocycles. The van der Waals surface area contributed by atoms with Crippen LogP contribution in [0.3, 0.4) is 0 Å². The second kappa shape index (κ2) is 5.84. The van der Waals surface area contributed by atoms with E-state index in [2.05, 4.69) is 19.9 Å². The van der Waals surface area contributed by atoms with E-state index in [1.54, 1.807) is 0 Å². The van der Waals surface area contributed by atoms with Gasteiger partial charge in [-0.1, -0.05) is 32.4 Å². The molecule has 8 atom stereocenters. The number of carbonyl (C=O) groups excluding carboxylic acids is 1. The zero-order valence-electron chi connectivity index (χ0n) is 16.0. The van der Waals surface area contributed by atoms with Crippen LogP contribution in [0.1, 0.15) is 72.1 Å². The lowest BCUT2D eigenvalue weighted by Crippen LogP contribution is -2.51. The van der Waals surface area contributed by atoms with Gasteiger partial charge in [-0.05, 0) is 91.8 Å². The second-order valence-electron chi connectivity index (χ2n) is 9.99. The Morgan fingerprint density at radius 3 is 2.68 bits per heavy atom. The van der Waals surface area contributed by atoms with Gasteiger partial charge < -0.3 is 15.0 Å². The van der Waals surface area contributed by atoms with Crippen LogP contribution in [0.4, 0.5) is 0 Å². The minimum Gasteiger partial charge on any atom is -0.550 e. The van der Waals surface area contributed by atoms with E-state index >= 15 is 0 Å². The Morgan fingerprint density at radius 2 is 1.96 bits per heavy atom. The van der Waals surface area contributed by atoms with E-state index in [-0.39, 0.29) is 28.8 Å². The molecule has 0 bridgehead atoms. The lowest BCUT2D eigenvalue weighted by atomic mass is 9.47. The summed E-state index contributed by atoms with van der Waals surface area (Å²) in [5, 5.41) is 21.6. The number of hydrogen-bond acceptors (Lipinski definition) is 3. The average Bonchev–Trinajstić information content (AvgIpc) is 2.92. The van der Waals surface area contributed by atoms with Crippen molar-refractivity contribution in [2.75, 3.05) is 0 Å². The molecule has 0 spiro atoms. The summed E-state index contributed by atoms with van der Waals surface area (Å²) < 4.78 is 0. The topological polar surface area (TPSA) is 60.4 Å². The van der Waals surface area contributed by atoms with Crippen molar-refractivity contribution in [3.8, 4) is 0 Å². The third-order valence-corrected chi connectivity index (χ3v) is 9.13. The third-order valence-electron chi connectivity index (χ3n) is 9.13. The fraction of sp³-hybridized carbons (Fsp3) is 0.864. The number of fused-ring (bicyclic) bond motifs is 5. The minimum absolute atomic E-state index is 0.149. The Balaban J connectivity index is 1.63. The first-order valence-corrected chi connectivity index (χ1v) is 10.4. The molecule has 0 aromatic carbocycles. The van der Waals surface area contributed by atoms with Gasteiger partial charge in [0.25, 0.3) is 0 Å². The number of aliphatic hydroxyl groups excluding tert-OH is 1. The molecule has 4 aliphatic carbocycles. The maximum Gasteiger partial charge on any atom is 0.0577 e. The minimum atomic E-state index is -0.868. The van der Waals surface area contributed by atoms with Gasteiger partial charge in [0.05, 0.1) is 6.10 Å². The average molecular weight is 346 g/mol. The molecule has 3 saturated carbocycles. The van der Waals surface area contributed by atoms with Gasteiger partial charge >= 0.3 is 0 Å². The van der Waals surface area contributed by atoms with Crippen LogP contribution in [0.15, 0.2) is 11.6 Å². The zero-order valence-corrected chi connectivity index (χ0v) is 16.0. The first-order valence-electron chi connectivity index (χ1n) is 10.4. The van der Waals surface area contributed by atoms with Crippen molar-refractivity contribution >= 4 is 5.97 Å². The predicted molar refractivity (Wildman–Crippen MR) is 95.4 cm³/mol. The van der Waals surface area contributed by atoms with Crippen LogP contribution < -0.4 is 5.11 Å². The first kappa shape index (κ1) is 17.6. The standard InChI is InChI=1S/C22H34O3/c1-13(20(24)25)17-6-7-18-16-5-4-14-12-15(23)8-10-21(14,2)19(16)9-11-22(17,18)3/h4,13,15-19,23H,5-12H2,1-3H3,(H,24,25)/p-1/t13-,15+,16-,17-,18+,19+,21-,22+/m0/s1.